The number of carbonyl (C=O) groups is 1. The Kier molecular flexibility index (Phi) is 5.36. The Morgan fingerprint density at radius 1 is 1.13 bits per heavy atom. The van der Waals surface area contributed by atoms with E-state index >= 15 is 0 Å². The molecule has 0 saturated heterocycles. The molecular formula is C16H18N2O4S. The lowest BCUT2D eigenvalue weighted by molar-refractivity contribution is 0.102. The van der Waals surface area contributed by atoms with E-state index in [1.165, 1.54) is 25.3 Å². The third-order valence-electron chi connectivity index (χ3n) is 3.09. The average molecular weight is 334 g/mol. The van der Waals surface area contributed by atoms with Crippen LogP contribution in [0.2, 0.25) is 0 Å². The van der Waals surface area contributed by atoms with Gasteiger partial charge in [0, 0.05) is 12.2 Å². The van der Waals surface area contributed by atoms with Crippen LogP contribution in [-0.2, 0) is 10.0 Å². The maximum absolute atomic E-state index is 12.4. The number of ether oxygens (including phenoxy) is 1. The Morgan fingerprint density at radius 3 is 2.43 bits per heavy atom. The zero-order chi connectivity index (χ0) is 16.9. The first-order valence-corrected chi connectivity index (χ1v) is 8.50. The molecule has 1 amide bonds. The van der Waals surface area contributed by atoms with Gasteiger partial charge in [-0.1, -0.05) is 25.1 Å². The summed E-state index contributed by atoms with van der Waals surface area (Å²) in [7, 11) is -2.23. The van der Waals surface area contributed by atoms with Gasteiger partial charge in [-0.15, -0.1) is 0 Å². The maximum Gasteiger partial charge on any atom is 0.259 e. The Hall–Kier alpha value is -2.38. The number of para-hydroxylation sites is 1. The quantitative estimate of drug-likeness (QED) is 0.848. The van der Waals surface area contributed by atoms with E-state index in [4.69, 9.17) is 4.74 Å². The van der Waals surface area contributed by atoms with E-state index in [1.54, 1.807) is 31.2 Å². The largest absolute Gasteiger partial charge is 0.496 e. The number of sulfonamides is 1. The molecule has 0 aromatic heterocycles. The van der Waals surface area contributed by atoms with Crippen molar-refractivity contribution in [2.24, 2.45) is 0 Å². The van der Waals surface area contributed by atoms with Crippen LogP contribution >= 0.6 is 0 Å². The maximum atomic E-state index is 12.4. The lowest BCUT2D eigenvalue weighted by Gasteiger charge is -2.12. The molecule has 0 saturated carbocycles. The van der Waals surface area contributed by atoms with Crippen LogP contribution in [0.4, 0.5) is 5.69 Å². The molecule has 0 atom stereocenters. The number of amides is 1. The molecule has 6 nitrogen and oxygen atoms in total. The van der Waals surface area contributed by atoms with E-state index < -0.39 is 15.9 Å². The first-order valence-electron chi connectivity index (χ1n) is 7.02. The van der Waals surface area contributed by atoms with E-state index in [2.05, 4.69) is 10.0 Å². The summed E-state index contributed by atoms with van der Waals surface area (Å²) in [6.45, 7) is 1.95. The van der Waals surface area contributed by atoms with Crippen LogP contribution in [0, 0.1) is 0 Å². The van der Waals surface area contributed by atoms with Crippen molar-refractivity contribution in [2.45, 2.75) is 11.8 Å². The molecule has 0 aliphatic heterocycles. The number of nitrogens with one attached hydrogen (secondary N) is 2. The zero-order valence-corrected chi connectivity index (χ0v) is 13.7. The molecule has 2 rings (SSSR count). The molecule has 122 valence electrons. The number of rotatable bonds is 6. The fourth-order valence-electron chi connectivity index (χ4n) is 2.02. The van der Waals surface area contributed by atoms with Crippen LogP contribution in [0.3, 0.4) is 0 Å². The van der Waals surface area contributed by atoms with Crippen molar-refractivity contribution in [1.29, 1.82) is 0 Å². The molecule has 2 aromatic rings. The number of hydrogen-bond acceptors (Lipinski definition) is 4. The van der Waals surface area contributed by atoms with Gasteiger partial charge < -0.3 is 10.1 Å². The number of benzene rings is 2. The van der Waals surface area contributed by atoms with Gasteiger partial charge in [-0.3, -0.25) is 4.79 Å². The van der Waals surface area contributed by atoms with Crippen molar-refractivity contribution in [3.05, 3.63) is 54.1 Å². The van der Waals surface area contributed by atoms with Gasteiger partial charge in [0.2, 0.25) is 10.0 Å². The fourth-order valence-corrected chi connectivity index (χ4v) is 3.09. The van der Waals surface area contributed by atoms with Gasteiger partial charge in [-0.05, 0) is 30.3 Å². The van der Waals surface area contributed by atoms with Gasteiger partial charge in [0.05, 0.1) is 17.6 Å². The van der Waals surface area contributed by atoms with Gasteiger partial charge in [0.25, 0.3) is 5.91 Å². The molecule has 7 heteroatoms. The van der Waals surface area contributed by atoms with Crippen molar-refractivity contribution in [3.8, 4) is 5.75 Å². The summed E-state index contributed by atoms with van der Waals surface area (Å²) in [6.07, 6.45) is 0. The molecule has 0 radical (unpaired) electrons. The van der Waals surface area contributed by atoms with Crippen LogP contribution in [0.15, 0.2) is 53.4 Å². The molecule has 0 heterocycles. The van der Waals surface area contributed by atoms with E-state index in [1.807, 2.05) is 6.07 Å². The van der Waals surface area contributed by atoms with Crippen molar-refractivity contribution >= 4 is 21.6 Å². The molecular weight excluding hydrogens is 316 g/mol. The highest BCUT2D eigenvalue weighted by atomic mass is 32.2. The van der Waals surface area contributed by atoms with Crippen molar-refractivity contribution in [2.75, 3.05) is 19.0 Å². The predicted octanol–water partition coefficient (Wildman–Crippen LogP) is 2.25. The van der Waals surface area contributed by atoms with Crippen LogP contribution < -0.4 is 14.8 Å². The van der Waals surface area contributed by atoms with Crippen molar-refractivity contribution in [1.82, 2.24) is 4.72 Å². The van der Waals surface area contributed by atoms with Crippen LogP contribution in [0.25, 0.3) is 0 Å². The van der Waals surface area contributed by atoms with E-state index in [0.29, 0.717) is 11.4 Å². The highest BCUT2D eigenvalue weighted by Gasteiger charge is 2.19. The summed E-state index contributed by atoms with van der Waals surface area (Å²) < 4.78 is 31.7. The molecule has 0 spiro atoms. The smallest absolute Gasteiger partial charge is 0.259 e. The third-order valence-corrected chi connectivity index (χ3v) is 4.64. The molecule has 2 aromatic carbocycles. The second-order valence-electron chi connectivity index (χ2n) is 4.68. The summed E-state index contributed by atoms with van der Waals surface area (Å²) >= 11 is 0. The van der Waals surface area contributed by atoms with Gasteiger partial charge in [0.1, 0.15) is 5.75 Å². The Bertz CT molecular complexity index is 789. The summed E-state index contributed by atoms with van der Waals surface area (Å²) in [4.78, 5) is 12.4. The van der Waals surface area contributed by atoms with Crippen molar-refractivity contribution in [3.63, 3.8) is 0 Å². The van der Waals surface area contributed by atoms with Gasteiger partial charge in [-0.2, -0.15) is 0 Å². The van der Waals surface area contributed by atoms with Gasteiger partial charge in [0.15, 0.2) is 0 Å². The normalized spacial score (nSPS) is 11.0. The Balaban J connectivity index is 2.38. The Morgan fingerprint density at radius 2 is 1.83 bits per heavy atom. The molecule has 0 bridgehead atoms. The van der Waals surface area contributed by atoms with Crippen LogP contribution in [0.5, 0.6) is 5.75 Å². The van der Waals surface area contributed by atoms with Gasteiger partial charge in [-0.25, -0.2) is 13.1 Å². The minimum Gasteiger partial charge on any atom is -0.496 e. The first kappa shape index (κ1) is 17.0. The van der Waals surface area contributed by atoms with E-state index in [9.17, 15) is 13.2 Å². The van der Waals surface area contributed by atoms with Crippen molar-refractivity contribution < 1.29 is 17.9 Å². The summed E-state index contributed by atoms with van der Waals surface area (Å²) in [6, 6.07) is 13.1. The predicted molar refractivity (Wildman–Crippen MR) is 88.3 cm³/mol. The van der Waals surface area contributed by atoms with Gasteiger partial charge >= 0.3 is 0 Å². The lowest BCUT2D eigenvalue weighted by atomic mass is 10.2. The number of anilines is 1. The number of methoxy groups -OCH3 is 1. The minimum absolute atomic E-state index is 0.0124. The third kappa shape index (κ3) is 4.08. The highest BCUT2D eigenvalue weighted by molar-refractivity contribution is 7.89. The molecule has 0 fully saturated rings. The topological polar surface area (TPSA) is 84.5 Å². The molecule has 0 aliphatic carbocycles. The Labute approximate surface area is 135 Å². The highest BCUT2D eigenvalue weighted by Crippen LogP contribution is 2.23. The average Bonchev–Trinajstić information content (AvgIpc) is 2.55. The molecule has 0 unspecified atom stereocenters. The van der Waals surface area contributed by atoms with Crippen LogP contribution in [-0.4, -0.2) is 28.0 Å². The van der Waals surface area contributed by atoms with E-state index in [-0.39, 0.29) is 17.0 Å². The molecule has 2 N–H and O–H groups in total. The zero-order valence-electron chi connectivity index (χ0n) is 12.9. The standard InChI is InChI=1S/C16H18N2O4S/c1-3-17-23(20,21)13-9-10-15(22-2)14(11-13)16(19)18-12-7-5-4-6-8-12/h4-11,17H,3H2,1-2H3,(H,18,19). The number of hydrogen-bond donors (Lipinski definition) is 2. The van der Waals surface area contributed by atoms with Crippen LogP contribution in [0.1, 0.15) is 17.3 Å². The second kappa shape index (κ2) is 7.26. The SMILES string of the molecule is CCNS(=O)(=O)c1ccc(OC)c(C(=O)Nc2ccccc2)c1. The lowest BCUT2D eigenvalue weighted by Crippen LogP contribution is -2.23. The second-order valence-corrected chi connectivity index (χ2v) is 6.45. The van der Waals surface area contributed by atoms with E-state index in [0.717, 1.165) is 0 Å². The fraction of sp³-hybridized carbons (Fsp3) is 0.188. The minimum atomic E-state index is -3.65. The monoisotopic (exact) mass is 334 g/mol. The summed E-state index contributed by atoms with van der Waals surface area (Å²) in [5, 5.41) is 2.71. The molecule has 0 aliphatic rings. The summed E-state index contributed by atoms with van der Waals surface area (Å²) in [5.74, 6) is -0.143. The summed E-state index contributed by atoms with van der Waals surface area (Å²) in [5.41, 5.74) is 0.759. The first-order chi connectivity index (χ1) is 11.0. The number of carbonyl (C=O) groups excluding carboxylic acids is 1. The molecule has 23 heavy (non-hydrogen) atoms.